The van der Waals surface area contributed by atoms with E-state index in [-0.39, 0.29) is 11.7 Å². The second kappa shape index (κ2) is 6.81. The van der Waals surface area contributed by atoms with Crippen molar-refractivity contribution in [2.24, 2.45) is 0 Å². The lowest BCUT2D eigenvalue weighted by Crippen LogP contribution is -2.31. The molecule has 2 heterocycles. The Labute approximate surface area is 131 Å². The number of likely N-dealkylation sites (N-methyl/N-ethyl adjacent to an activating group) is 1. The molecule has 0 spiro atoms. The van der Waals surface area contributed by atoms with Gasteiger partial charge in [-0.05, 0) is 31.3 Å². The van der Waals surface area contributed by atoms with E-state index in [0.29, 0.717) is 23.5 Å². The van der Waals surface area contributed by atoms with Crippen molar-refractivity contribution >= 4 is 23.5 Å². The maximum atomic E-state index is 12.8. The first kappa shape index (κ1) is 14.9. The molecule has 3 rings (SSSR count). The second-order valence-corrected chi connectivity index (χ2v) is 6.95. The first-order chi connectivity index (χ1) is 10.3. The lowest BCUT2D eigenvalue weighted by Gasteiger charge is -2.13. The highest BCUT2D eigenvalue weighted by atomic mass is 32.2. The summed E-state index contributed by atoms with van der Waals surface area (Å²) in [7, 11) is 1.96. The van der Waals surface area contributed by atoms with Gasteiger partial charge in [0.1, 0.15) is 5.82 Å². The van der Waals surface area contributed by atoms with Gasteiger partial charge in [0.15, 0.2) is 5.82 Å². The SMILES string of the molecule is CNC1CSCC1c1nc(CSc2ccc(F)cc2)no1. The molecule has 2 unspecified atom stereocenters. The van der Waals surface area contributed by atoms with Gasteiger partial charge in [0, 0.05) is 22.4 Å². The largest absolute Gasteiger partial charge is 0.339 e. The highest BCUT2D eigenvalue weighted by Crippen LogP contribution is 2.32. The normalized spacial score (nSPS) is 21.8. The van der Waals surface area contributed by atoms with E-state index < -0.39 is 0 Å². The van der Waals surface area contributed by atoms with Crippen LogP contribution in [0.25, 0.3) is 0 Å². The van der Waals surface area contributed by atoms with Crippen molar-refractivity contribution in [3.8, 4) is 0 Å². The lowest BCUT2D eigenvalue weighted by atomic mass is 10.0. The van der Waals surface area contributed by atoms with Crippen LogP contribution in [0.1, 0.15) is 17.6 Å². The van der Waals surface area contributed by atoms with Crippen molar-refractivity contribution in [1.82, 2.24) is 15.5 Å². The average molecular weight is 325 g/mol. The molecule has 0 aliphatic carbocycles. The third-order valence-corrected chi connectivity index (χ3v) is 5.63. The molecule has 2 aromatic rings. The molecule has 1 saturated heterocycles. The molecule has 21 heavy (non-hydrogen) atoms. The Hall–Kier alpha value is -1.05. The van der Waals surface area contributed by atoms with Crippen molar-refractivity contribution in [2.45, 2.75) is 22.6 Å². The Morgan fingerprint density at radius 3 is 2.95 bits per heavy atom. The molecule has 112 valence electrons. The maximum Gasteiger partial charge on any atom is 0.232 e. The molecule has 0 bridgehead atoms. The quantitative estimate of drug-likeness (QED) is 0.853. The van der Waals surface area contributed by atoms with Gasteiger partial charge < -0.3 is 9.84 Å². The number of nitrogens with zero attached hydrogens (tertiary/aromatic N) is 2. The molecule has 1 aromatic carbocycles. The van der Waals surface area contributed by atoms with Gasteiger partial charge in [-0.15, -0.1) is 11.8 Å². The fourth-order valence-corrected chi connectivity index (χ4v) is 4.40. The number of aromatic nitrogens is 2. The number of halogens is 1. The summed E-state index contributed by atoms with van der Waals surface area (Å²) < 4.78 is 18.2. The van der Waals surface area contributed by atoms with Crippen LogP contribution in [0.3, 0.4) is 0 Å². The van der Waals surface area contributed by atoms with E-state index in [1.165, 1.54) is 12.1 Å². The third kappa shape index (κ3) is 3.59. The minimum Gasteiger partial charge on any atom is -0.339 e. The van der Waals surface area contributed by atoms with Crippen LogP contribution in [-0.4, -0.2) is 34.7 Å². The molecule has 1 aromatic heterocycles. The van der Waals surface area contributed by atoms with Gasteiger partial charge in [0.2, 0.25) is 5.89 Å². The zero-order valence-corrected chi connectivity index (χ0v) is 13.2. The van der Waals surface area contributed by atoms with Crippen molar-refractivity contribution < 1.29 is 8.91 Å². The Bertz CT molecular complexity index is 590. The number of rotatable bonds is 5. The van der Waals surface area contributed by atoms with Crippen LogP contribution in [0, 0.1) is 5.82 Å². The molecule has 1 N–H and O–H groups in total. The zero-order chi connectivity index (χ0) is 14.7. The Balaban J connectivity index is 1.61. The van der Waals surface area contributed by atoms with E-state index >= 15 is 0 Å². The number of hydrogen-bond acceptors (Lipinski definition) is 6. The van der Waals surface area contributed by atoms with Gasteiger partial charge >= 0.3 is 0 Å². The number of benzene rings is 1. The van der Waals surface area contributed by atoms with Gasteiger partial charge in [-0.3, -0.25) is 0 Å². The lowest BCUT2D eigenvalue weighted by molar-refractivity contribution is 0.341. The van der Waals surface area contributed by atoms with Crippen LogP contribution >= 0.6 is 23.5 Å². The summed E-state index contributed by atoms with van der Waals surface area (Å²) in [6.45, 7) is 0. The fourth-order valence-electron chi connectivity index (χ4n) is 2.24. The van der Waals surface area contributed by atoms with Crippen molar-refractivity contribution in [1.29, 1.82) is 0 Å². The van der Waals surface area contributed by atoms with Crippen LogP contribution in [0.15, 0.2) is 33.7 Å². The Morgan fingerprint density at radius 2 is 2.19 bits per heavy atom. The minimum absolute atomic E-state index is 0.224. The van der Waals surface area contributed by atoms with Gasteiger partial charge in [-0.2, -0.15) is 16.7 Å². The number of hydrogen-bond donors (Lipinski definition) is 1. The molecule has 0 saturated carbocycles. The number of nitrogens with one attached hydrogen (secondary N) is 1. The van der Waals surface area contributed by atoms with E-state index in [4.69, 9.17) is 4.52 Å². The third-order valence-electron chi connectivity index (χ3n) is 3.43. The molecule has 1 fully saturated rings. The van der Waals surface area contributed by atoms with Gasteiger partial charge in [-0.1, -0.05) is 5.16 Å². The Kier molecular flexibility index (Phi) is 4.82. The van der Waals surface area contributed by atoms with Crippen LogP contribution in [0.4, 0.5) is 4.39 Å². The molecular weight excluding hydrogens is 309 g/mol. The predicted octanol–water partition coefficient (Wildman–Crippen LogP) is 2.92. The zero-order valence-electron chi connectivity index (χ0n) is 11.6. The standard InChI is InChI=1S/C14H16FN3OS2/c1-16-12-7-20-6-11(12)14-17-13(18-19-14)8-21-10-4-2-9(15)3-5-10/h2-5,11-12,16H,6-8H2,1H3. The molecule has 7 heteroatoms. The molecule has 2 atom stereocenters. The Morgan fingerprint density at radius 1 is 1.38 bits per heavy atom. The van der Waals surface area contributed by atoms with Crippen molar-refractivity contribution in [2.75, 3.05) is 18.6 Å². The smallest absolute Gasteiger partial charge is 0.232 e. The summed E-state index contributed by atoms with van der Waals surface area (Å²) in [5.74, 6) is 4.18. The van der Waals surface area contributed by atoms with E-state index in [2.05, 4.69) is 15.5 Å². The molecule has 1 aliphatic heterocycles. The average Bonchev–Trinajstić information content (AvgIpc) is 3.15. The summed E-state index contributed by atoms with van der Waals surface area (Å²) in [5.41, 5.74) is 0. The van der Waals surface area contributed by atoms with Crippen LogP contribution in [-0.2, 0) is 5.75 Å². The topological polar surface area (TPSA) is 51.0 Å². The van der Waals surface area contributed by atoms with E-state index in [1.807, 2.05) is 18.8 Å². The second-order valence-electron chi connectivity index (χ2n) is 4.83. The van der Waals surface area contributed by atoms with E-state index in [0.717, 1.165) is 16.4 Å². The summed E-state index contributed by atoms with van der Waals surface area (Å²) in [4.78, 5) is 5.49. The summed E-state index contributed by atoms with van der Waals surface area (Å²) in [6.07, 6.45) is 0. The van der Waals surface area contributed by atoms with Gasteiger partial charge in [0.05, 0.1) is 11.7 Å². The van der Waals surface area contributed by atoms with E-state index in [9.17, 15) is 4.39 Å². The highest BCUT2D eigenvalue weighted by molar-refractivity contribution is 7.99. The van der Waals surface area contributed by atoms with Crippen molar-refractivity contribution in [3.63, 3.8) is 0 Å². The molecule has 4 nitrogen and oxygen atoms in total. The van der Waals surface area contributed by atoms with Crippen LogP contribution in [0.5, 0.6) is 0 Å². The molecule has 0 radical (unpaired) electrons. The highest BCUT2D eigenvalue weighted by Gasteiger charge is 2.32. The van der Waals surface area contributed by atoms with E-state index in [1.54, 1.807) is 23.9 Å². The van der Waals surface area contributed by atoms with Crippen molar-refractivity contribution in [3.05, 3.63) is 41.8 Å². The summed E-state index contributed by atoms with van der Waals surface area (Å²) in [6, 6.07) is 6.82. The first-order valence-corrected chi connectivity index (χ1v) is 8.86. The minimum atomic E-state index is -0.224. The van der Waals surface area contributed by atoms with Crippen LogP contribution in [0.2, 0.25) is 0 Å². The molecule has 1 aliphatic rings. The maximum absolute atomic E-state index is 12.8. The van der Waals surface area contributed by atoms with Gasteiger partial charge in [-0.25, -0.2) is 4.39 Å². The fraction of sp³-hybridized carbons (Fsp3) is 0.429. The first-order valence-electron chi connectivity index (χ1n) is 6.72. The predicted molar refractivity (Wildman–Crippen MR) is 83.2 cm³/mol. The summed E-state index contributed by atoms with van der Waals surface area (Å²) >= 11 is 3.47. The molecular formula is C14H16FN3OS2. The van der Waals surface area contributed by atoms with Gasteiger partial charge in [0.25, 0.3) is 0 Å². The summed E-state index contributed by atoms with van der Waals surface area (Å²) in [5, 5.41) is 7.34. The monoisotopic (exact) mass is 325 g/mol. The van der Waals surface area contributed by atoms with Crippen LogP contribution < -0.4 is 5.32 Å². The molecule has 0 amide bonds. The number of thioether (sulfide) groups is 2.